The maximum absolute atomic E-state index is 9.40. The van der Waals surface area contributed by atoms with Gasteiger partial charge in [-0.15, -0.1) is 0 Å². The van der Waals surface area contributed by atoms with Gasteiger partial charge in [0.2, 0.25) is 5.95 Å². The maximum atomic E-state index is 9.40. The highest BCUT2D eigenvalue weighted by molar-refractivity contribution is 6.42. The molecular formula is C18H19Cl2N3O. The highest BCUT2D eigenvalue weighted by Gasteiger charge is 2.22. The van der Waals surface area contributed by atoms with Crippen LogP contribution in [0.5, 0.6) is 0 Å². The van der Waals surface area contributed by atoms with Crippen molar-refractivity contribution in [1.82, 2.24) is 9.97 Å². The predicted octanol–water partition coefficient (Wildman–Crippen LogP) is 4.75. The second-order valence-corrected chi connectivity index (χ2v) is 7.24. The Kier molecular flexibility index (Phi) is 4.72. The zero-order valence-corrected chi connectivity index (χ0v) is 15.0. The first-order valence-electron chi connectivity index (χ1n) is 7.68. The average Bonchev–Trinajstić information content (AvgIpc) is 2.98. The molecule has 0 fully saturated rings. The number of hydrogen-bond acceptors (Lipinski definition) is 3. The van der Waals surface area contributed by atoms with Gasteiger partial charge in [-0.25, -0.2) is 4.98 Å². The summed E-state index contributed by atoms with van der Waals surface area (Å²) in [7, 11) is 0. The summed E-state index contributed by atoms with van der Waals surface area (Å²) in [4.78, 5) is 7.77. The number of aliphatic hydroxyl groups is 1. The summed E-state index contributed by atoms with van der Waals surface area (Å²) in [6, 6.07) is 11.4. The summed E-state index contributed by atoms with van der Waals surface area (Å²) in [5, 5.41) is 13.8. The van der Waals surface area contributed by atoms with Crippen molar-refractivity contribution in [2.75, 3.05) is 11.9 Å². The Hall–Kier alpha value is -1.75. The van der Waals surface area contributed by atoms with E-state index in [1.165, 1.54) is 0 Å². The molecule has 3 aromatic rings. The van der Waals surface area contributed by atoms with Gasteiger partial charge >= 0.3 is 0 Å². The second-order valence-electron chi connectivity index (χ2n) is 6.42. The molecule has 0 radical (unpaired) electrons. The molecule has 1 aromatic heterocycles. The van der Waals surface area contributed by atoms with Gasteiger partial charge in [-0.1, -0.05) is 55.2 Å². The smallest absolute Gasteiger partial charge is 0.201 e. The summed E-state index contributed by atoms with van der Waals surface area (Å²) >= 11 is 12.1. The van der Waals surface area contributed by atoms with Crippen LogP contribution < -0.4 is 5.32 Å². The van der Waals surface area contributed by atoms with Crippen LogP contribution in [-0.2, 0) is 12.0 Å². The van der Waals surface area contributed by atoms with E-state index < -0.39 is 0 Å². The number of H-pyrrole nitrogens is 1. The van der Waals surface area contributed by atoms with Crippen molar-refractivity contribution in [2.24, 2.45) is 0 Å². The number of para-hydroxylation sites is 1. The molecule has 0 aliphatic rings. The van der Waals surface area contributed by atoms with Crippen molar-refractivity contribution in [1.29, 1.82) is 0 Å². The molecule has 3 N–H and O–H groups in total. The summed E-state index contributed by atoms with van der Waals surface area (Å²) in [5.41, 5.74) is 3.43. The molecule has 126 valence electrons. The zero-order chi connectivity index (χ0) is 17.3. The summed E-state index contributed by atoms with van der Waals surface area (Å²) < 4.78 is 0. The normalized spacial score (nSPS) is 11.9. The standard InChI is InChI=1S/C18H19Cl2N3O/c1-18(2,12-6-7-13(19)14(20)8-12)10-21-17-22-15-5-3-4-11(9-24)16(15)23-17/h3-8,24H,9-10H2,1-2H3,(H2,21,22,23). The van der Waals surface area contributed by atoms with Crippen molar-refractivity contribution in [3.8, 4) is 0 Å². The number of nitrogens with zero attached hydrogens (tertiary/aromatic N) is 1. The molecular weight excluding hydrogens is 345 g/mol. The zero-order valence-electron chi connectivity index (χ0n) is 13.5. The van der Waals surface area contributed by atoms with Crippen LogP contribution in [0.1, 0.15) is 25.0 Å². The van der Waals surface area contributed by atoms with E-state index in [1.54, 1.807) is 0 Å². The molecule has 24 heavy (non-hydrogen) atoms. The van der Waals surface area contributed by atoms with Gasteiger partial charge < -0.3 is 15.4 Å². The molecule has 0 saturated carbocycles. The molecule has 2 aromatic carbocycles. The van der Waals surface area contributed by atoms with Crippen molar-refractivity contribution in [3.63, 3.8) is 0 Å². The van der Waals surface area contributed by atoms with Gasteiger partial charge in [-0.2, -0.15) is 0 Å². The number of imidazole rings is 1. The summed E-state index contributed by atoms with van der Waals surface area (Å²) in [6.07, 6.45) is 0. The average molecular weight is 364 g/mol. The lowest BCUT2D eigenvalue weighted by atomic mass is 9.84. The minimum absolute atomic E-state index is 0.0313. The van der Waals surface area contributed by atoms with Gasteiger partial charge in [0.05, 0.1) is 27.7 Å². The number of nitrogens with one attached hydrogen (secondary N) is 2. The number of rotatable bonds is 5. The number of aliphatic hydroxyl groups excluding tert-OH is 1. The van der Waals surface area contributed by atoms with E-state index in [0.717, 1.165) is 22.2 Å². The van der Waals surface area contributed by atoms with E-state index in [4.69, 9.17) is 23.2 Å². The summed E-state index contributed by atoms with van der Waals surface area (Å²) in [5.74, 6) is 0.680. The third-order valence-electron chi connectivity index (χ3n) is 4.17. The van der Waals surface area contributed by atoms with Crippen LogP contribution in [0.15, 0.2) is 36.4 Å². The van der Waals surface area contributed by atoms with Crippen LogP contribution in [-0.4, -0.2) is 21.6 Å². The number of benzene rings is 2. The number of halogens is 2. The fraction of sp³-hybridized carbons (Fsp3) is 0.278. The number of aromatic amines is 1. The van der Waals surface area contributed by atoms with Crippen molar-refractivity contribution in [3.05, 3.63) is 57.6 Å². The lowest BCUT2D eigenvalue weighted by Crippen LogP contribution is -2.28. The van der Waals surface area contributed by atoms with E-state index >= 15 is 0 Å². The molecule has 0 amide bonds. The highest BCUT2D eigenvalue weighted by Crippen LogP contribution is 2.30. The van der Waals surface area contributed by atoms with Crippen molar-refractivity contribution < 1.29 is 5.11 Å². The minimum Gasteiger partial charge on any atom is -0.392 e. The van der Waals surface area contributed by atoms with E-state index in [2.05, 4.69) is 29.1 Å². The van der Waals surface area contributed by atoms with Crippen LogP contribution in [0.4, 0.5) is 5.95 Å². The van der Waals surface area contributed by atoms with Gasteiger partial charge in [-0.05, 0) is 23.8 Å². The molecule has 0 bridgehead atoms. The van der Waals surface area contributed by atoms with Gasteiger partial charge in [0.25, 0.3) is 0 Å². The quantitative estimate of drug-likeness (QED) is 0.612. The molecule has 0 aliphatic carbocycles. The molecule has 0 saturated heterocycles. The van der Waals surface area contributed by atoms with Gasteiger partial charge in [0.15, 0.2) is 0 Å². The Balaban J connectivity index is 1.80. The summed E-state index contributed by atoms with van der Waals surface area (Å²) in [6.45, 7) is 4.89. The third-order valence-corrected chi connectivity index (χ3v) is 4.90. The Bertz CT molecular complexity index is 874. The molecule has 0 atom stereocenters. The van der Waals surface area contributed by atoms with E-state index in [1.807, 2.05) is 36.4 Å². The van der Waals surface area contributed by atoms with E-state index in [-0.39, 0.29) is 12.0 Å². The van der Waals surface area contributed by atoms with Gasteiger partial charge in [-0.3, -0.25) is 0 Å². The Morgan fingerprint density at radius 2 is 1.96 bits per heavy atom. The number of aromatic nitrogens is 2. The third kappa shape index (κ3) is 3.36. The lowest BCUT2D eigenvalue weighted by Gasteiger charge is -2.26. The number of anilines is 1. The van der Waals surface area contributed by atoms with Crippen molar-refractivity contribution >= 4 is 40.2 Å². The fourth-order valence-electron chi connectivity index (χ4n) is 2.63. The highest BCUT2D eigenvalue weighted by atomic mass is 35.5. The van der Waals surface area contributed by atoms with E-state index in [0.29, 0.717) is 22.5 Å². The van der Waals surface area contributed by atoms with Gasteiger partial charge in [0.1, 0.15) is 0 Å². The minimum atomic E-state index is -0.160. The molecule has 0 aliphatic heterocycles. The van der Waals surface area contributed by atoms with Crippen molar-refractivity contribution in [2.45, 2.75) is 25.9 Å². The molecule has 0 unspecified atom stereocenters. The molecule has 1 heterocycles. The van der Waals surface area contributed by atoms with Crippen LogP contribution >= 0.6 is 23.2 Å². The number of hydrogen-bond donors (Lipinski definition) is 3. The first-order chi connectivity index (χ1) is 11.4. The first-order valence-corrected chi connectivity index (χ1v) is 8.44. The Morgan fingerprint density at radius 1 is 1.17 bits per heavy atom. The fourth-order valence-corrected chi connectivity index (χ4v) is 2.92. The molecule has 6 heteroatoms. The maximum Gasteiger partial charge on any atom is 0.201 e. The van der Waals surface area contributed by atoms with E-state index in [9.17, 15) is 5.11 Å². The Morgan fingerprint density at radius 3 is 2.67 bits per heavy atom. The van der Waals surface area contributed by atoms with Crippen LogP contribution in [0.3, 0.4) is 0 Å². The van der Waals surface area contributed by atoms with Crippen LogP contribution in [0.25, 0.3) is 11.0 Å². The Labute approximate surface area is 150 Å². The SMILES string of the molecule is CC(C)(CNc1nc2c(CO)cccc2[nH]1)c1ccc(Cl)c(Cl)c1. The monoisotopic (exact) mass is 363 g/mol. The molecule has 4 nitrogen and oxygen atoms in total. The topological polar surface area (TPSA) is 60.9 Å². The predicted molar refractivity (Wildman–Crippen MR) is 100.0 cm³/mol. The van der Waals surface area contributed by atoms with Gasteiger partial charge in [0, 0.05) is 17.5 Å². The van der Waals surface area contributed by atoms with Crippen LogP contribution in [0.2, 0.25) is 10.0 Å². The molecule has 0 spiro atoms. The lowest BCUT2D eigenvalue weighted by molar-refractivity contribution is 0.283. The number of fused-ring (bicyclic) bond motifs is 1. The second kappa shape index (κ2) is 6.63. The van der Waals surface area contributed by atoms with Crippen LogP contribution in [0, 0.1) is 0 Å². The first kappa shape index (κ1) is 17.1. The largest absolute Gasteiger partial charge is 0.392 e. The molecule has 3 rings (SSSR count).